The van der Waals surface area contributed by atoms with Gasteiger partial charge in [-0.05, 0) is 0 Å². The third-order valence-electron chi connectivity index (χ3n) is 1.68. The van der Waals surface area contributed by atoms with Crippen molar-refractivity contribution in [1.82, 2.24) is 0 Å². The average Bonchev–Trinajstić information content (AvgIpc) is 2.02. The third-order valence-corrected chi connectivity index (χ3v) is 1.68. The molecule has 0 saturated heterocycles. The van der Waals surface area contributed by atoms with Crippen molar-refractivity contribution in [1.29, 1.82) is 0 Å². The maximum Gasteiger partial charge on any atom is 0.766 e. The summed E-state index contributed by atoms with van der Waals surface area (Å²) in [7, 11) is 0. The number of hydrogen-bond acceptors (Lipinski definition) is 8. The molecule has 1 unspecified atom stereocenters. The molecule has 1 atom stereocenters. The first-order chi connectivity index (χ1) is 6.68. The molecule has 0 aliphatic heterocycles. The molecule has 0 spiro atoms. The molecule has 0 aliphatic rings. The van der Waals surface area contributed by atoms with Gasteiger partial charge in [-0.25, -0.2) is 0 Å². The molecule has 0 saturated carbocycles. The monoisotopic (exact) mass is 247 g/mol. The zero-order valence-electron chi connectivity index (χ0n) is 8.13. The molecule has 0 rings (SSSR count). The first kappa shape index (κ1) is 17.0. The van der Waals surface area contributed by atoms with Gasteiger partial charge in [0.25, 0.3) is 0 Å². The van der Waals surface area contributed by atoms with Crippen LogP contribution in [-0.2, 0) is 0 Å². The zero-order valence-corrected chi connectivity index (χ0v) is 10.1. The van der Waals surface area contributed by atoms with Crippen LogP contribution in [0.5, 0.6) is 0 Å². The number of rotatable bonds is 5. The smallest absolute Gasteiger partial charge is 0.263 e. The molecular weight excluding hydrogens is 243 g/mol. The molecule has 0 aromatic carbocycles. The number of nitro groups is 4. The van der Waals surface area contributed by atoms with E-state index in [4.69, 9.17) is 0 Å². The van der Waals surface area contributed by atoms with Crippen LogP contribution < -0.4 is 0 Å². The minimum atomic E-state index is -4.05. The Balaban J connectivity index is 0. The summed E-state index contributed by atoms with van der Waals surface area (Å²) < 4.78 is 0. The quantitative estimate of drug-likeness (QED) is 0.250. The Kier molecular flexibility index (Phi) is 5.97. The van der Waals surface area contributed by atoms with Crippen LogP contribution in [0, 0.1) is 40.5 Å². The molecule has 13 heteroatoms. The summed E-state index contributed by atoms with van der Waals surface area (Å²) in [5, 5.41) is 41.0. The summed E-state index contributed by atoms with van der Waals surface area (Å²) in [6.07, 6.45) is 0. The zero-order chi connectivity index (χ0) is 12.4. The molecule has 85 valence electrons. The molecule has 0 aromatic heterocycles. The molecule has 0 N–H and O–H groups in total. The Bertz CT molecular complexity index is 306. The van der Waals surface area contributed by atoms with Crippen LogP contribution in [0.3, 0.4) is 0 Å². The summed E-state index contributed by atoms with van der Waals surface area (Å²) >= 11 is 0. The van der Waals surface area contributed by atoms with E-state index < -0.39 is 31.5 Å². The summed E-state index contributed by atoms with van der Waals surface area (Å²) in [6.45, 7) is 0.425. The molecule has 16 heavy (non-hydrogen) atoms. The Hall–Kier alpha value is -1.40. The van der Waals surface area contributed by atoms with E-state index in [0.29, 0.717) is 6.92 Å². The van der Waals surface area contributed by atoms with Gasteiger partial charge in [-0.1, -0.05) is 0 Å². The second kappa shape index (κ2) is 5.62. The molecule has 0 heterocycles. The number of hydrogen-bond donors (Lipinski definition) is 0. The van der Waals surface area contributed by atoms with Crippen LogP contribution >= 0.6 is 0 Å². The van der Waals surface area contributed by atoms with E-state index in [0.717, 1.165) is 0 Å². The molecule has 0 bridgehead atoms. The van der Waals surface area contributed by atoms with E-state index in [2.05, 4.69) is 0 Å². The fourth-order valence-electron chi connectivity index (χ4n) is 0.799. The minimum Gasteiger partial charge on any atom is -0.263 e. The second-order valence-corrected chi connectivity index (χ2v) is 2.42. The van der Waals surface area contributed by atoms with Gasteiger partial charge < -0.3 is 0 Å². The van der Waals surface area contributed by atoms with E-state index in [1.807, 2.05) is 0 Å². The fourth-order valence-corrected chi connectivity index (χ4v) is 0.799. The Morgan fingerprint density at radius 3 is 1.19 bits per heavy atom. The van der Waals surface area contributed by atoms with E-state index >= 15 is 0 Å². The van der Waals surface area contributed by atoms with Crippen LogP contribution in [0.25, 0.3) is 0 Å². The molecule has 0 aliphatic carbocycles. The van der Waals surface area contributed by atoms with Crippen molar-refractivity contribution in [3.63, 3.8) is 0 Å². The molecule has 12 nitrogen and oxygen atoms in total. The number of nitrogens with zero attached hydrogens (tertiary/aromatic N) is 4. The first-order valence-electron chi connectivity index (χ1n) is 3.26. The molecular formula is C3H4N4NaO8. The van der Waals surface area contributed by atoms with Gasteiger partial charge in [0.2, 0.25) is 0 Å². The van der Waals surface area contributed by atoms with Gasteiger partial charge in [0, 0.05) is 41.4 Å². The SMILES string of the molecule is CC([N+](=O)[O-])C([N+](=O)[O-])([N+](=O)[O-])[N+](=O)[O-].[Na]. The van der Waals surface area contributed by atoms with Crippen molar-refractivity contribution >= 4 is 29.6 Å². The van der Waals surface area contributed by atoms with Gasteiger partial charge >= 0.3 is 11.8 Å². The summed E-state index contributed by atoms with van der Waals surface area (Å²) in [5.41, 5.74) is 0. The van der Waals surface area contributed by atoms with Crippen molar-refractivity contribution in [2.24, 2.45) is 0 Å². The van der Waals surface area contributed by atoms with Gasteiger partial charge in [-0.2, -0.15) is 0 Å². The van der Waals surface area contributed by atoms with Gasteiger partial charge in [-0.3, -0.25) is 40.5 Å². The van der Waals surface area contributed by atoms with Gasteiger partial charge in [-0.15, -0.1) is 0 Å². The normalized spacial score (nSPS) is 12.1. The largest absolute Gasteiger partial charge is 0.766 e. The predicted molar refractivity (Wildman–Crippen MR) is 45.9 cm³/mol. The standard InChI is InChI=1S/C3H4N4O8.Na/c1-2(4(8)9)3(5(10)11,6(12)13)7(14)15;/h2H,1H3;. The Labute approximate surface area is 108 Å². The summed E-state index contributed by atoms with van der Waals surface area (Å²) in [5.74, 6) is -4.05. The average molecular weight is 247 g/mol. The predicted octanol–water partition coefficient (Wildman–Crippen LogP) is -1.25. The van der Waals surface area contributed by atoms with Crippen molar-refractivity contribution < 1.29 is 19.7 Å². The van der Waals surface area contributed by atoms with E-state index in [9.17, 15) is 40.5 Å². The van der Waals surface area contributed by atoms with Crippen LogP contribution in [0.4, 0.5) is 0 Å². The van der Waals surface area contributed by atoms with Crippen molar-refractivity contribution in [2.75, 3.05) is 0 Å². The van der Waals surface area contributed by atoms with E-state index in [-0.39, 0.29) is 29.6 Å². The molecule has 0 aromatic rings. The molecule has 1 radical (unpaired) electrons. The van der Waals surface area contributed by atoms with E-state index in [1.54, 1.807) is 0 Å². The van der Waals surface area contributed by atoms with Gasteiger partial charge in [0.15, 0.2) is 14.8 Å². The van der Waals surface area contributed by atoms with E-state index in [1.165, 1.54) is 0 Å². The minimum absolute atomic E-state index is 0. The topological polar surface area (TPSA) is 173 Å². The fraction of sp³-hybridized carbons (Fsp3) is 1.00. The van der Waals surface area contributed by atoms with Crippen molar-refractivity contribution in [3.05, 3.63) is 40.5 Å². The van der Waals surface area contributed by atoms with Crippen molar-refractivity contribution in [2.45, 2.75) is 18.8 Å². The summed E-state index contributed by atoms with van der Waals surface area (Å²) in [6, 6.07) is -2.59. The van der Waals surface area contributed by atoms with Gasteiger partial charge in [0.05, 0.1) is 0 Å². The Morgan fingerprint density at radius 2 is 1.12 bits per heavy atom. The maximum absolute atomic E-state index is 10.3. The van der Waals surface area contributed by atoms with Gasteiger partial charge in [0.1, 0.15) is 0 Å². The van der Waals surface area contributed by atoms with Crippen LogP contribution in [0.2, 0.25) is 0 Å². The van der Waals surface area contributed by atoms with Crippen LogP contribution in [-0.4, -0.2) is 61.1 Å². The maximum atomic E-state index is 10.3. The molecule has 0 amide bonds. The van der Waals surface area contributed by atoms with Crippen molar-refractivity contribution in [3.8, 4) is 0 Å². The molecule has 0 fully saturated rings. The van der Waals surface area contributed by atoms with Crippen LogP contribution in [0.15, 0.2) is 0 Å². The first-order valence-corrected chi connectivity index (χ1v) is 3.26. The van der Waals surface area contributed by atoms with Crippen LogP contribution in [0.1, 0.15) is 6.92 Å². The second-order valence-electron chi connectivity index (χ2n) is 2.42. The third kappa shape index (κ3) is 2.40. The Morgan fingerprint density at radius 1 is 0.875 bits per heavy atom. The summed E-state index contributed by atoms with van der Waals surface area (Å²) in [4.78, 5) is 33.8.